The molecule has 0 aromatic heterocycles. The third kappa shape index (κ3) is 4.69. The fraction of sp³-hybridized carbons (Fsp3) is 0.778. The van der Waals surface area contributed by atoms with E-state index in [-0.39, 0.29) is 18.9 Å². The zero-order chi connectivity index (χ0) is 7.23. The van der Waals surface area contributed by atoms with Gasteiger partial charge >= 0.3 is 18.9 Å². The minimum absolute atomic E-state index is 0. The molecule has 0 aromatic carbocycles. The Kier molecular flexibility index (Phi) is 7.16. The molecule has 0 amide bonds. The van der Waals surface area contributed by atoms with Crippen LogP contribution in [-0.4, -0.2) is 12.6 Å². The molecule has 1 fully saturated rings. The first-order chi connectivity index (χ1) is 4.93. The molecule has 0 radical (unpaired) electrons. The van der Waals surface area contributed by atoms with E-state index >= 15 is 0 Å². The summed E-state index contributed by atoms with van der Waals surface area (Å²) >= 11 is 0. The van der Waals surface area contributed by atoms with Crippen molar-refractivity contribution in [3.8, 4) is 0 Å². The van der Waals surface area contributed by atoms with Gasteiger partial charge in [-0.1, -0.05) is 32.1 Å². The van der Waals surface area contributed by atoms with Gasteiger partial charge in [-0.25, -0.2) is 0 Å². The van der Waals surface area contributed by atoms with Gasteiger partial charge in [-0.05, 0) is 0 Å². The fourth-order valence-electron chi connectivity index (χ4n) is 1.49. The molecule has 0 saturated heterocycles. The molecule has 1 saturated carbocycles. The molecule has 0 aliphatic heterocycles. The third-order valence-electron chi connectivity index (χ3n) is 2.07. The van der Waals surface area contributed by atoms with Crippen molar-refractivity contribution in [2.75, 3.05) is 6.54 Å². The first kappa shape index (κ1) is 11.3. The summed E-state index contributed by atoms with van der Waals surface area (Å²) in [7, 11) is 0. The summed E-state index contributed by atoms with van der Waals surface area (Å²) < 4.78 is 0. The van der Waals surface area contributed by atoms with Crippen molar-refractivity contribution in [3.63, 3.8) is 0 Å². The van der Waals surface area contributed by atoms with Gasteiger partial charge in [-0.2, -0.15) is 0 Å². The van der Waals surface area contributed by atoms with Crippen molar-refractivity contribution >= 4 is 0 Å². The smallest absolute Gasteiger partial charge is 0.656 e. The average molecular weight is 145 g/mol. The van der Waals surface area contributed by atoms with Gasteiger partial charge in [0.05, 0.1) is 0 Å². The Morgan fingerprint density at radius 2 is 1.91 bits per heavy atom. The molecule has 1 nitrogen and oxygen atoms in total. The average Bonchev–Trinajstić information content (AvgIpc) is 2.03. The van der Waals surface area contributed by atoms with Gasteiger partial charge in [0, 0.05) is 0 Å². The van der Waals surface area contributed by atoms with Crippen molar-refractivity contribution in [1.82, 2.24) is 0 Å². The third-order valence-corrected chi connectivity index (χ3v) is 2.07. The van der Waals surface area contributed by atoms with Crippen LogP contribution < -0.4 is 18.9 Å². The number of rotatable bonds is 3. The van der Waals surface area contributed by atoms with Crippen LogP contribution in [-0.2, 0) is 0 Å². The predicted octanol–water partition coefficient (Wildman–Crippen LogP) is -0.117. The van der Waals surface area contributed by atoms with Gasteiger partial charge in [-0.3, -0.25) is 0 Å². The van der Waals surface area contributed by atoms with E-state index in [0.717, 1.165) is 6.54 Å². The van der Waals surface area contributed by atoms with Crippen LogP contribution in [0, 0.1) is 0 Å². The zero-order valence-corrected chi connectivity index (χ0v) is 7.55. The molecular formula is C9H16LiN. The van der Waals surface area contributed by atoms with E-state index in [1.807, 2.05) is 6.08 Å². The Morgan fingerprint density at radius 3 is 2.45 bits per heavy atom. The largest absolute Gasteiger partial charge is 1.00 e. The van der Waals surface area contributed by atoms with E-state index in [9.17, 15) is 0 Å². The molecule has 1 aliphatic rings. The maximum absolute atomic E-state index is 4.48. The van der Waals surface area contributed by atoms with Crippen LogP contribution in [0.4, 0.5) is 0 Å². The Labute approximate surface area is 81.8 Å². The zero-order valence-electron chi connectivity index (χ0n) is 7.55. The van der Waals surface area contributed by atoms with Crippen molar-refractivity contribution < 1.29 is 18.9 Å². The van der Waals surface area contributed by atoms with E-state index in [2.05, 4.69) is 11.9 Å². The van der Waals surface area contributed by atoms with Crippen LogP contribution in [0.1, 0.15) is 32.1 Å². The van der Waals surface area contributed by atoms with Crippen LogP contribution in [0.2, 0.25) is 0 Å². The predicted molar refractivity (Wildman–Crippen MR) is 45.3 cm³/mol. The van der Waals surface area contributed by atoms with Crippen molar-refractivity contribution in [1.29, 1.82) is 0 Å². The monoisotopic (exact) mass is 145 g/mol. The number of hydrogen-bond donors (Lipinski definition) is 0. The second kappa shape index (κ2) is 6.97. The van der Waals surface area contributed by atoms with Crippen LogP contribution in [0.25, 0.3) is 5.32 Å². The number of nitrogens with zero attached hydrogens (tertiary/aromatic N) is 1. The van der Waals surface area contributed by atoms with E-state index in [0.29, 0.717) is 6.04 Å². The van der Waals surface area contributed by atoms with E-state index in [1.165, 1.54) is 32.1 Å². The first-order valence-electron chi connectivity index (χ1n) is 4.21. The summed E-state index contributed by atoms with van der Waals surface area (Å²) in [6.07, 6.45) is 8.69. The quantitative estimate of drug-likeness (QED) is 0.388. The van der Waals surface area contributed by atoms with Gasteiger partial charge in [0.2, 0.25) is 0 Å². The van der Waals surface area contributed by atoms with Crippen molar-refractivity contribution in [2.24, 2.45) is 0 Å². The van der Waals surface area contributed by atoms with Crippen LogP contribution >= 0.6 is 0 Å². The molecule has 0 heterocycles. The van der Waals surface area contributed by atoms with E-state index < -0.39 is 0 Å². The molecule has 1 aliphatic carbocycles. The summed E-state index contributed by atoms with van der Waals surface area (Å²) in [6, 6.07) is 0.659. The van der Waals surface area contributed by atoms with Crippen LogP contribution in [0.3, 0.4) is 0 Å². The molecule has 0 atom stereocenters. The molecule has 11 heavy (non-hydrogen) atoms. The SMILES string of the molecule is C=CC[N-]C1CCCCC1.[Li+]. The Morgan fingerprint density at radius 1 is 1.27 bits per heavy atom. The normalized spacial score (nSPS) is 18.9. The van der Waals surface area contributed by atoms with Crippen LogP contribution in [0.15, 0.2) is 12.7 Å². The molecule has 0 N–H and O–H groups in total. The molecule has 0 spiro atoms. The number of hydrogen-bond acceptors (Lipinski definition) is 0. The summed E-state index contributed by atoms with van der Waals surface area (Å²) in [5.41, 5.74) is 0. The second-order valence-electron chi connectivity index (χ2n) is 2.95. The van der Waals surface area contributed by atoms with Gasteiger partial charge in [-0.15, -0.1) is 25.2 Å². The Hall–Kier alpha value is 0.297. The van der Waals surface area contributed by atoms with Crippen molar-refractivity contribution in [2.45, 2.75) is 38.1 Å². The summed E-state index contributed by atoms with van der Waals surface area (Å²) in [5.74, 6) is 0. The minimum Gasteiger partial charge on any atom is -0.656 e. The summed E-state index contributed by atoms with van der Waals surface area (Å²) in [5, 5.41) is 4.48. The van der Waals surface area contributed by atoms with E-state index in [1.54, 1.807) is 0 Å². The standard InChI is InChI=1S/C9H16N.Li/c1-2-8-10-9-6-4-3-5-7-9;/h2,9H,1,3-8H2;/q-1;+1. The molecule has 58 valence electrons. The van der Waals surface area contributed by atoms with Gasteiger partial charge in [0.1, 0.15) is 0 Å². The van der Waals surface area contributed by atoms with Gasteiger partial charge < -0.3 is 5.32 Å². The molecule has 0 unspecified atom stereocenters. The molecule has 0 bridgehead atoms. The maximum atomic E-state index is 4.48. The Bertz CT molecular complexity index is 97.7. The summed E-state index contributed by atoms with van der Waals surface area (Å²) in [6.45, 7) is 4.50. The molecule has 1 rings (SSSR count). The molecule has 0 aromatic rings. The fourth-order valence-corrected chi connectivity index (χ4v) is 1.49. The topological polar surface area (TPSA) is 14.1 Å². The first-order valence-corrected chi connectivity index (χ1v) is 4.21. The van der Waals surface area contributed by atoms with Gasteiger partial charge in [0.25, 0.3) is 0 Å². The maximum Gasteiger partial charge on any atom is 1.00 e. The minimum atomic E-state index is 0. The molecule has 2 heteroatoms. The van der Waals surface area contributed by atoms with Crippen LogP contribution in [0.5, 0.6) is 0 Å². The molecular weight excluding hydrogens is 129 g/mol. The van der Waals surface area contributed by atoms with Crippen molar-refractivity contribution in [3.05, 3.63) is 18.0 Å². The van der Waals surface area contributed by atoms with Gasteiger partial charge in [0.15, 0.2) is 0 Å². The Balaban J connectivity index is 0.000001000. The second-order valence-corrected chi connectivity index (χ2v) is 2.95. The van der Waals surface area contributed by atoms with E-state index in [4.69, 9.17) is 0 Å². The summed E-state index contributed by atoms with van der Waals surface area (Å²) in [4.78, 5) is 0.